The number of carbonyl (C=O) groups excluding carboxylic acids is 1. The predicted octanol–water partition coefficient (Wildman–Crippen LogP) is 1.47. The maximum Gasteiger partial charge on any atom is 0.267 e. The number of rotatable bonds is 1. The third kappa shape index (κ3) is 1.31. The Hall–Kier alpha value is -1.97. The molecule has 70 valence electrons. The molecular weight excluding hydrogens is 183 g/mol. The Bertz CT molecular complexity index is 510. The summed E-state index contributed by atoms with van der Waals surface area (Å²) in [5.41, 5.74) is 4.95. The fourth-order valence-electron chi connectivity index (χ4n) is 1.28. The Morgan fingerprint density at radius 1 is 1.36 bits per heavy atom. The van der Waals surface area contributed by atoms with Crippen LogP contribution in [0.5, 0.6) is 0 Å². The summed E-state index contributed by atoms with van der Waals surface area (Å²) in [5.74, 6) is -1.40. The minimum atomic E-state index is -0.727. The summed E-state index contributed by atoms with van der Waals surface area (Å²) in [4.78, 5) is 14.2. The number of primary amides is 1. The van der Waals surface area contributed by atoms with E-state index >= 15 is 0 Å². The van der Waals surface area contributed by atoms with Gasteiger partial charge in [0.15, 0.2) is 0 Å². The lowest BCUT2D eigenvalue weighted by Gasteiger charge is -2.00. The predicted molar refractivity (Wildman–Crippen MR) is 50.2 cm³/mol. The summed E-state index contributed by atoms with van der Waals surface area (Å²) < 4.78 is 13.3. The highest BCUT2D eigenvalue weighted by Gasteiger charge is 2.08. The molecule has 0 aliphatic heterocycles. The zero-order valence-electron chi connectivity index (χ0n) is 7.20. The van der Waals surface area contributed by atoms with E-state index in [2.05, 4.69) is 4.98 Å². The minimum Gasteiger partial charge on any atom is -0.364 e. The second-order valence-electron chi connectivity index (χ2n) is 2.88. The molecule has 1 heterocycles. The van der Waals surface area contributed by atoms with E-state index in [9.17, 15) is 9.18 Å². The van der Waals surface area contributed by atoms with E-state index in [-0.39, 0.29) is 5.69 Å². The van der Waals surface area contributed by atoms with Crippen molar-refractivity contribution in [3.05, 3.63) is 42.0 Å². The molecule has 4 heteroatoms. The molecule has 2 N–H and O–H groups in total. The summed E-state index contributed by atoms with van der Waals surface area (Å²) in [5, 5.41) is 1.01. The lowest BCUT2D eigenvalue weighted by atomic mass is 10.1. The van der Waals surface area contributed by atoms with Crippen molar-refractivity contribution in [2.24, 2.45) is 5.73 Å². The molecule has 3 nitrogen and oxygen atoms in total. The molecule has 0 saturated carbocycles. The average Bonchev–Trinajstić information content (AvgIpc) is 2.17. The van der Waals surface area contributed by atoms with Crippen molar-refractivity contribution in [1.82, 2.24) is 4.98 Å². The monoisotopic (exact) mass is 190 g/mol. The molecule has 0 aliphatic rings. The number of halogens is 1. The van der Waals surface area contributed by atoms with Crippen molar-refractivity contribution in [3.63, 3.8) is 0 Å². The van der Waals surface area contributed by atoms with E-state index in [4.69, 9.17) is 5.73 Å². The van der Waals surface area contributed by atoms with Crippen molar-refractivity contribution in [3.8, 4) is 0 Å². The van der Waals surface area contributed by atoms with Gasteiger partial charge in [0.25, 0.3) is 5.91 Å². The van der Waals surface area contributed by atoms with Crippen LogP contribution >= 0.6 is 0 Å². The number of pyridine rings is 1. The molecule has 0 unspecified atom stereocenters. The highest BCUT2D eigenvalue weighted by molar-refractivity contribution is 5.95. The summed E-state index contributed by atoms with van der Waals surface area (Å²) >= 11 is 0. The van der Waals surface area contributed by atoms with Gasteiger partial charge < -0.3 is 5.73 Å². The second-order valence-corrected chi connectivity index (χ2v) is 2.88. The fraction of sp³-hybridized carbons (Fsp3) is 0. The summed E-state index contributed by atoms with van der Waals surface area (Å²) in [6, 6.07) is 8.24. The first kappa shape index (κ1) is 8.62. The van der Waals surface area contributed by atoms with Crippen molar-refractivity contribution < 1.29 is 9.18 Å². The van der Waals surface area contributed by atoms with Crippen LogP contribution in [0, 0.1) is 5.95 Å². The molecule has 1 amide bonds. The van der Waals surface area contributed by atoms with Gasteiger partial charge in [0.2, 0.25) is 5.95 Å². The number of nitrogens with two attached hydrogens (primary N) is 1. The second kappa shape index (κ2) is 3.06. The first-order valence-electron chi connectivity index (χ1n) is 4.03. The van der Waals surface area contributed by atoms with Gasteiger partial charge in [-0.25, -0.2) is 4.98 Å². The lowest BCUT2D eigenvalue weighted by molar-refractivity contribution is 0.0994. The number of hydrogen-bond donors (Lipinski definition) is 1. The van der Waals surface area contributed by atoms with E-state index in [0.717, 1.165) is 0 Å². The third-order valence-corrected chi connectivity index (χ3v) is 1.95. The van der Waals surface area contributed by atoms with Crippen LogP contribution < -0.4 is 5.73 Å². The molecule has 0 spiro atoms. The number of nitrogens with zero attached hydrogens (tertiary/aromatic N) is 1. The first-order chi connectivity index (χ1) is 6.68. The number of hydrogen-bond acceptors (Lipinski definition) is 2. The van der Waals surface area contributed by atoms with Crippen LogP contribution in [0.3, 0.4) is 0 Å². The van der Waals surface area contributed by atoms with Crippen molar-refractivity contribution in [1.29, 1.82) is 0 Å². The van der Waals surface area contributed by atoms with E-state index in [0.29, 0.717) is 10.8 Å². The molecule has 14 heavy (non-hydrogen) atoms. The summed E-state index contributed by atoms with van der Waals surface area (Å²) in [7, 11) is 0. The molecule has 0 radical (unpaired) electrons. The van der Waals surface area contributed by atoms with Crippen LogP contribution in [0.25, 0.3) is 10.8 Å². The Morgan fingerprint density at radius 2 is 2.07 bits per heavy atom. The summed E-state index contributed by atoms with van der Waals surface area (Å²) in [6.45, 7) is 0. The Morgan fingerprint density at radius 3 is 2.79 bits per heavy atom. The van der Waals surface area contributed by atoms with E-state index in [1.165, 1.54) is 6.07 Å². The van der Waals surface area contributed by atoms with Gasteiger partial charge in [0.1, 0.15) is 5.69 Å². The number of fused-ring (bicyclic) bond motifs is 1. The zero-order chi connectivity index (χ0) is 10.1. The van der Waals surface area contributed by atoms with Crippen LogP contribution in [0.15, 0.2) is 30.3 Å². The Kier molecular flexibility index (Phi) is 1.89. The number of benzene rings is 1. The molecule has 2 rings (SSSR count). The normalized spacial score (nSPS) is 10.4. The van der Waals surface area contributed by atoms with Gasteiger partial charge in [-0.15, -0.1) is 0 Å². The maximum absolute atomic E-state index is 13.3. The quantitative estimate of drug-likeness (QED) is 0.692. The molecule has 0 bridgehead atoms. The number of carbonyl (C=O) groups is 1. The largest absolute Gasteiger partial charge is 0.364 e. The molecular formula is C10H7FN2O. The third-order valence-electron chi connectivity index (χ3n) is 1.95. The van der Waals surface area contributed by atoms with Gasteiger partial charge in [-0.1, -0.05) is 18.2 Å². The minimum absolute atomic E-state index is 0.0544. The average molecular weight is 190 g/mol. The standard InChI is InChI=1S/C10H7FN2O/c11-9-7-4-2-1-3-6(7)5-8(13-9)10(12)14/h1-5H,(H2,12,14). The van der Waals surface area contributed by atoms with Crippen molar-refractivity contribution in [2.45, 2.75) is 0 Å². The highest BCUT2D eigenvalue weighted by atomic mass is 19.1. The summed E-state index contributed by atoms with van der Waals surface area (Å²) in [6.07, 6.45) is 0. The van der Waals surface area contributed by atoms with Gasteiger partial charge in [0.05, 0.1) is 0 Å². The van der Waals surface area contributed by atoms with E-state index in [1.807, 2.05) is 0 Å². The molecule has 1 aromatic carbocycles. The highest BCUT2D eigenvalue weighted by Crippen LogP contribution is 2.16. The molecule has 0 fully saturated rings. The smallest absolute Gasteiger partial charge is 0.267 e. The zero-order valence-corrected chi connectivity index (χ0v) is 7.20. The molecule has 0 saturated heterocycles. The maximum atomic E-state index is 13.3. The molecule has 1 aromatic heterocycles. The molecule has 0 atom stereocenters. The van der Waals surface area contributed by atoms with Crippen molar-refractivity contribution in [2.75, 3.05) is 0 Å². The van der Waals surface area contributed by atoms with E-state index < -0.39 is 11.9 Å². The Labute approximate surface area is 79.4 Å². The molecule has 0 aliphatic carbocycles. The lowest BCUT2D eigenvalue weighted by Crippen LogP contribution is -2.13. The van der Waals surface area contributed by atoms with Crippen LogP contribution in [-0.4, -0.2) is 10.9 Å². The van der Waals surface area contributed by atoms with E-state index in [1.54, 1.807) is 24.3 Å². The number of aromatic nitrogens is 1. The Balaban J connectivity index is 2.78. The number of amides is 1. The molecule has 2 aromatic rings. The van der Waals surface area contributed by atoms with Crippen molar-refractivity contribution >= 4 is 16.7 Å². The van der Waals surface area contributed by atoms with Gasteiger partial charge in [0, 0.05) is 5.39 Å². The van der Waals surface area contributed by atoms with Gasteiger partial charge in [-0.3, -0.25) is 4.79 Å². The van der Waals surface area contributed by atoms with Crippen LogP contribution in [-0.2, 0) is 0 Å². The van der Waals surface area contributed by atoms with Gasteiger partial charge >= 0.3 is 0 Å². The van der Waals surface area contributed by atoms with Gasteiger partial charge in [-0.05, 0) is 17.5 Å². The topological polar surface area (TPSA) is 56.0 Å². The first-order valence-corrected chi connectivity index (χ1v) is 4.03. The fourth-order valence-corrected chi connectivity index (χ4v) is 1.28. The van der Waals surface area contributed by atoms with Crippen LogP contribution in [0.1, 0.15) is 10.5 Å². The van der Waals surface area contributed by atoms with Gasteiger partial charge in [-0.2, -0.15) is 4.39 Å². The van der Waals surface area contributed by atoms with Crippen LogP contribution in [0.2, 0.25) is 0 Å². The van der Waals surface area contributed by atoms with Crippen LogP contribution in [0.4, 0.5) is 4.39 Å². The SMILES string of the molecule is NC(=O)c1cc2ccccc2c(F)n1.